The highest BCUT2D eigenvalue weighted by Crippen LogP contribution is 2.26. The summed E-state index contributed by atoms with van der Waals surface area (Å²) in [6.07, 6.45) is -4.75. The maximum Gasteiger partial charge on any atom is 0.405 e. The van der Waals surface area contributed by atoms with Crippen molar-refractivity contribution in [2.75, 3.05) is 11.3 Å². The minimum absolute atomic E-state index is 0.0831. The van der Waals surface area contributed by atoms with Crippen LogP contribution in [-0.2, 0) is 21.2 Å². The quantitative estimate of drug-likeness (QED) is 0.712. The van der Waals surface area contributed by atoms with Crippen LogP contribution in [0.25, 0.3) is 0 Å². The Morgan fingerprint density at radius 1 is 1.00 bits per heavy atom. The Hall–Kier alpha value is -1.97. The molecule has 2 rings (SSSR count). The molecule has 0 bridgehead atoms. The van der Waals surface area contributed by atoms with Crippen LogP contribution in [0.15, 0.2) is 47.4 Å². The molecular formula is C16H13Cl2F3N2O3S. The number of carbonyl (C=O) groups excluding carboxylic acids is 1. The standard InChI is InChI=1S/C16H13Cl2F3N2O3S/c17-13-6-5-12(8-14(13)18)27(25,26)23-11-3-1-10(2-4-11)7-15(24)22-9-16(19,20)21/h1-6,8,23H,7,9H2,(H,22,24). The molecule has 0 unspecified atom stereocenters. The van der Waals surface area contributed by atoms with Crippen molar-refractivity contribution in [2.24, 2.45) is 0 Å². The highest BCUT2D eigenvalue weighted by Gasteiger charge is 2.27. The van der Waals surface area contributed by atoms with Crippen LogP contribution in [0, 0.1) is 0 Å². The third-order valence-corrected chi connectivity index (χ3v) is 5.38. The van der Waals surface area contributed by atoms with Crippen LogP contribution in [0.1, 0.15) is 5.56 Å². The van der Waals surface area contributed by atoms with E-state index in [0.717, 1.165) is 0 Å². The van der Waals surface area contributed by atoms with Crippen molar-refractivity contribution < 1.29 is 26.4 Å². The molecule has 2 N–H and O–H groups in total. The summed E-state index contributed by atoms with van der Waals surface area (Å²) in [5.41, 5.74) is 0.632. The fraction of sp³-hybridized carbons (Fsp3) is 0.188. The molecule has 5 nitrogen and oxygen atoms in total. The van der Waals surface area contributed by atoms with E-state index >= 15 is 0 Å². The van der Waals surface area contributed by atoms with E-state index in [2.05, 4.69) is 4.72 Å². The molecule has 0 fully saturated rings. The van der Waals surface area contributed by atoms with Gasteiger partial charge in [0, 0.05) is 5.69 Å². The van der Waals surface area contributed by atoms with Crippen LogP contribution >= 0.6 is 23.2 Å². The Morgan fingerprint density at radius 3 is 2.19 bits per heavy atom. The maximum atomic E-state index is 12.3. The number of benzene rings is 2. The summed E-state index contributed by atoms with van der Waals surface area (Å²) >= 11 is 11.6. The maximum absolute atomic E-state index is 12.3. The smallest absolute Gasteiger partial charge is 0.347 e. The van der Waals surface area contributed by atoms with Crippen molar-refractivity contribution in [3.63, 3.8) is 0 Å². The van der Waals surface area contributed by atoms with E-state index in [-0.39, 0.29) is 27.0 Å². The van der Waals surface area contributed by atoms with Crippen molar-refractivity contribution in [2.45, 2.75) is 17.5 Å². The predicted molar refractivity (Wildman–Crippen MR) is 96.5 cm³/mol. The van der Waals surface area contributed by atoms with Crippen LogP contribution in [-0.4, -0.2) is 27.0 Å². The SMILES string of the molecule is O=C(Cc1ccc(NS(=O)(=O)c2ccc(Cl)c(Cl)c2)cc1)NCC(F)(F)F. The van der Waals surface area contributed by atoms with E-state index in [4.69, 9.17) is 23.2 Å². The number of hydrogen-bond acceptors (Lipinski definition) is 3. The molecule has 0 radical (unpaired) electrons. The molecule has 27 heavy (non-hydrogen) atoms. The lowest BCUT2D eigenvalue weighted by molar-refractivity contribution is -0.138. The van der Waals surface area contributed by atoms with E-state index in [1.54, 1.807) is 5.32 Å². The zero-order valence-corrected chi connectivity index (χ0v) is 15.8. The van der Waals surface area contributed by atoms with Gasteiger partial charge in [-0.05, 0) is 35.9 Å². The summed E-state index contributed by atoms with van der Waals surface area (Å²) in [7, 11) is -3.91. The summed E-state index contributed by atoms with van der Waals surface area (Å²) in [6.45, 7) is -1.41. The molecule has 0 spiro atoms. The highest BCUT2D eigenvalue weighted by atomic mass is 35.5. The van der Waals surface area contributed by atoms with Gasteiger partial charge in [0.15, 0.2) is 0 Å². The van der Waals surface area contributed by atoms with Crippen LogP contribution in [0.2, 0.25) is 10.0 Å². The summed E-state index contributed by atoms with van der Waals surface area (Å²) in [5.74, 6) is -0.795. The van der Waals surface area contributed by atoms with Crippen LogP contribution in [0.5, 0.6) is 0 Å². The van der Waals surface area contributed by atoms with Gasteiger partial charge < -0.3 is 5.32 Å². The molecule has 146 valence electrons. The fourth-order valence-corrected chi connectivity index (χ4v) is 3.44. The van der Waals surface area contributed by atoms with Gasteiger partial charge in [0.05, 0.1) is 21.4 Å². The van der Waals surface area contributed by atoms with E-state index in [1.807, 2.05) is 0 Å². The van der Waals surface area contributed by atoms with Gasteiger partial charge in [-0.3, -0.25) is 9.52 Å². The molecule has 11 heteroatoms. The van der Waals surface area contributed by atoms with Crippen molar-refractivity contribution in [1.82, 2.24) is 5.32 Å². The van der Waals surface area contributed by atoms with Gasteiger partial charge in [0.25, 0.3) is 10.0 Å². The summed E-state index contributed by atoms with van der Waals surface area (Å²) < 4.78 is 63.1. The first-order valence-corrected chi connectivity index (χ1v) is 9.60. The van der Waals surface area contributed by atoms with Crippen molar-refractivity contribution in [1.29, 1.82) is 0 Å². The minimum Gasteiger partial charge on any atom is -0.347 e. The van der Waals surface area contributed by atoms with Crippen molar-refractivity contribution >= 4 is 44.8 Å². The number of alkyl halides is 3. The van der Waals surface area contributed by atoms with E-state index in [9.17, 15) is 26.4 Å². The van der Waals surface area contributed by atoms with Gasteiger partial charge in [-0.2, -0.15) is 13.2 Å². The Bertz CT molecular complexity index is 933. The van der Waals surface area contributed by atoms with Gasteiger partial charge in [0.1, 0.15) is 6.54 Å². The van der Waals surface area contributed by atoms with Crippen LogP contribution in [0.3, 0.4) is 0 Å². The number of halogens is 5. The summed E-state index contributed by atoms with van der Waals surface area (Å²) in [6, 6.07) is 9.48. The number of nitrogens with one attached hydrogen (secondary N) is 2. The molecule has 0 heterocycles. The molecule has 2 aromatic carbocycles. The molecule has 0 aromatic heterocycles. The lowest BCUT2D eigenvalue weighted by Gasteiger charge is -2.10. The molecule has 0 aliphatic rings. The van der Waals surface area contributed by atoms with Crippen molar-refractivity contribution in [3.8, 4) is 0 Å². The van der Waals surface area contributed by atoms with E-state index in [1.165, 1.54) is 42.5 Å². The van der Waals surface area contributed by atoms with E-state index < -0.39 is 28.7 Å². The molecule has 0 saturated carbocycles. The average molecular weight is 441 g/mol. The first-order valence-electron chi connectivity index (χ1n) is 7.36. The van der Waals surface area contributed by atoms with Gasteiger partial charge >= 0.3 is 6.18 Å². The second-order valence-electron chi connectivity index (χ2n) is 5.45. The normalized spacial score (nSPS) is 11.9. The number of rotatable bonds is 6. The van der Waals surface area contributed by atoms with E-state index in [0.29, 0.717) is 5.56 Å². The largest absolute Gasteiger partial charge is 0.405 e. The average Bonchev–Trinajstić information content (AvgIpc) is 2.56. The predicted octanol–water partition coefficient (Wildman–Crippen LogP) is 4.02. The molecule has 0 atom stereocenters. The number of amides is 1. The molecular weight excluding hydrogens is 428 g/mol. The molecule has 0 aliphatic carbocycles. The first-order chi connectivity index (χ1) is 12.5. The summed E-state index contributed by atoms with van der Waals surface area (Å²) in [4.78, 5) is 11.4. The fourth-order valence-electron chi connectivity index (χ4n) is 2.00. The molecule has 0 aliphatic heterocycles. The minimum atomic E-state index is -4.48. The Balaban J connectivity index is 2.02. The van der Waals surface area contributed by atoms with Crippen LogP contribution in [0.4, 0.5) is 18.9 Å². The second kappa shape index (κ2) is 8.37. The van der Waals surface area contributed by atoms with Gasteiger partial charge in [0.2, 0.25) is 5.91 Å². The third kappa shape index (κ3) is 6.60. The third-order valence-electron chi connectivity index (χ3n) is 3.26. The number of hydrogen-bond donors (Lipinski definition) is 2. The Kier molecular flexibility index (Phi) is 6.61. The first kappa shape index (κ1) is 21.3. The lowest BCUT2D eigenvalue weighted by atomic mass is 10.1. The molecule has 1 amide bonds. The second-order valence-corrected chi connectivity index (χ2v) is 7.94. The highest BCUT2D eigenvalue weighted by molar-refractivity contribution is 7.92. The Morgan fingerprint density at radius 2 is 1.63 bits per heavy atom. The summed E-state index contributed by atoms with van der Waals surface area (Å²) in [5, 5.41) is 2.05. The topological polar surface area (TPSA) is 75.3 Å². The number of carbonyl (C=O) groups is 1. The number of sulfonamides is 1. The van der Waals surface area contributed by atoms with Gasteiger partial charge in [-0.1, -0.05) is 35.3 Å². The lowest BCUT2D eigenvalue weighted by Crippen LogP contribution is -2.34. The Labute approximate surface area is 163 Å². The van der Waals surface area contributed by atoms with Gasteiger partial charge in [-0.25, -0.2) is 8.42 Å². The van der Waals surface area contributed by atoms with Crippen molar-refractivity contribution in [3.05, 3.63) is 58.1 Å². The monoisotopic (exact) mass is 440 g/mol. The molecule has 2 aromatic rings. The zero-order valence-electron chi connectivity index (χ0n) is 13.5. The number of anilines is 1. The van der Waals surface area contributed by atoms with Gasteiger partial charge in [-0.15, -0.1) is 0 Å². The molecule has 0 saturated heterocycles. The van der Waals surface area contributed by atoms with Crippen LogP contribution < -0.4 is 10.0 Å². The zero-order chi connectivity index (χ0) is 20.2.